The first-order chi connectivity index (χ1) is 13.4. The number of nitrogens with zero attached hydrogens (tertiary/aromatic N) is 1. The highest BCUT2D eigenvalue weighted by molar-refractivity contribution is 6.08. The molecule has 0 atom stereocenters. The summed E-state index contributed by atoms with van der Waals surface area (Å²) in [6, 6.07) is 33.0. The Morgan fingerprint density at radius 3 is 2.26 bits per heavy atom. The summed E-state index contributed by atoms with van der Waals surface area (Å²) in [5.41, 5.74) is 1.98. The third-order valence-corrected chi connectivity index (χ3v) is 4.75. The minimum absolute atomic E-state index is 0.782. The van der Waals surface area contributed by atoms with Crippen LogP contribution in [-0.4, -0.2) is 4.98 Å². The largest absolute Gasteiger partial charge is 0.457 e. The highest BCUT2D eigenvalue weighted by Crippen LogP contribution is 2.30. The summed E-state index contributed by atoms with van der Waals surface area (Å²) in [5.74, 6) is 1.60. The zero-order valence-electron chi connectivity index (χ0n) is 14.7. The Hall–Kier alpha value is -3.65. The second kappa shape index (κ2) is 6.58. The third kappa shape index (κ3) is 3.02. The van der Waals surface area contributed by atoms with E-state index in [4.69, 9.17) is 4.74 Å². The molecule has 5 aromatic rings. The van der Waals surface area contributed by atoms with E-state index in [0.29, 0.717) is 0 Å². The molecule has 2 heteroatoms. The van der Waals surface area contributed by atoms with E-state index in [2.05, 4.69) is 59.6 Å². The molecule has 1 heterocycles. The van der Waals surface area contributed by atoms with Crippen molar-refractivity contribution in [3.63, 3.8) is 0 Å². The van der Waals surface area contributed by atoms with E-state index in [1.165, 1.54) is 21.5 Å². The van der Waals surface area contributed by atoms with Crippen LogP contribution >= 0.6 is 0 Å². The van der Waals surface area contributed by atoms with Gasteiger partial charge < -0.3 is 4.74 Å². The molecule has 27 heavy (non-hydrogen) atoms. The van der Waals surface area contributed by atoms with E-state index >= 15 is 0 Å². The molecule has 0 aliphatic carbocycles. The monoisotopic (exact) mass is 347 g/mol. The van der Waals surface area contributed by atoms with Gasteiger partial charge in [-0.2, -0.15) is 0 Å². The molecule has 0 unspecified atom stereocenters. The lowest BCUT2D eigenvalue weighted by atomic mass is 9.99. The van der Waals surface area contributed by atoms with E-state index in [1.807, 2.05) is 42.5 Å². The zero-order chi connectivity index (χ0) is 18.1. The van der Waals surface area contributed by atoms with Crippen molar-refractivity contribution < 1.29 is 4.74 Å². The number of rotatable bonds is 3. The van der Waals surface area contributed by atoms with Gasteiger partial charge in [-0.25, -0.2) is 0 Å². The van der Waals surface area contributed by atoms with Gasteiger partial charge >= 0.3 is 0 Å². The van der Waals surface area contributed by atoms with Gasteiger partial charge in [-0.05, 0) is 45.8 Å². The van der Waals surface area contributed by atoms with Crippen LogP contribution in [0.3, 0.4) is 0 Å². The summed E-state index contributed by atoms with van der Waals surface area (Å²) in [4.78, 5) is 4.54. The van der Waals surface area contributed by atoms with Gasteiger partial charge in [-0.3, -0.25) is 4.98 Å². The van der Waals surface area contributed by atoms with Crippen molar-refractivity contribution >= 4 is 21.5 Å². The minimum Gasteiger partial charge on any atom is -0.457 e. The molecule has 0 aliphatic heterocycles. The Morgan fingerprint density at radius 2 is 1.33 bits per heavy atom. The Balaban J connectivity index is 1.55. The Morgan fingerprint density at radius 1 is 0.556 bits per heavy atom. The molecule has 0 bridgehead atoms. The molecule has 0 radical (unpaired) electrons. The fourth-order valence-corrected chi connectivity index (χ4v) is 3.43. The Labute approximate surface area is 157 Å². The number of aromatic nitrogens is 1. The molecular formula is C25H17NO. The average molecular weight is 347 g/mol. The van der Waals surface area contributed by atoms with Crippen LogP contribution in [-0.2, 0) is 0 Å². The number of pyridine rings is 1. The van der Waals surface area contributed by atoms with Crippen LogP contribution in [0.1, 0.15) is 0 Å². The molecule has 2 nitrogen and oxygen atoms in total. The van der Waals surface area contributed by atoms with Crippen LogP contribution in [0.15, 0.2) is 103 Å². The van der Waals surface area contributed by atoms with Gasteiger partial charge in [0, 0.05) is 17.8 Å². The van der Waals surface area contributed by atoms with Crippen LogP contribution in [0.25, 0.3) is 32.8 Å². The molecule has 0 N–H and O–H groups in total. The Kier molecular flexibility index (Phi) is 3.80. The third-order valence-electron chi connectivity index (χ3n) is 4.75. The van der Waals surface area contributed by atoms with Crippen molar-refractivity contribution in [1.82, 2.24) is 4.98 Å². The average Bonchev–Trinajstić information content (AvgIpc) is 2.74. The maximum Gasteiger partial charge on any atom is 0.131 e. The molecule has 0 saturated carbocycles. The second-order valence-corrected chi connectivity index (χ2v) is 6.51. The topological polar surface area (TPSA) is 22.1 Å². The van der Waals surface area contributed by atoms with E-state index in [1.54, 1.807) is 6.20 Å². The lowest BCUT2D eigenvalue weighted by Gasteiger charge is -2.09. The molecule has 0 spiro atoms. The summed E-state index contributed by atoms with van der Waals surface area (Å²) >= 11 is 0. The smallest absolute Gasteiger partial charge is 0.131 e. The standard InChI is InChI=1S/C25H17NO/c1-2-7-21(8-3-1)27-22-14-15-26-25(17-22)20-12-13-24-19(16-20)11-10-18-6-4-5-9-23(18)24/h1-17H. The van der Waals surface area contributed by atoms with Gasteiger partial charge in [-0.15, -0.1) is 0 Å². The molecule has 5 rings (SSSR count). The summed E-state index contributed by atoms with van der Waals surface area (Å²) in [6.07, 6.45) is 1.79. The maximum absolute atomic E-state index is 5.95. The fourth-order valence-electron chi connectivity index (χ4n) is 3.43. The van der Waals surface area contributed by atoms with Gasteiger partial charge in [-0.1, -0.05) is 66.7 Å². The Bertz CT molecular complexity index is 1250. The molecule has 0 saturated heterocycles. The van der Waals surface area contributed by atoms with E-state index in [0.717, 1.165) is 22.8 Å². The quantitative estimate of drug-likeness (QED) is 0.333. The number of fused-ring (bicyclic) bond motifs is 3. The molecule has 128 valence electrons. The van der Waals surface area contributed by atoms with E-state index in [-0.39, 0.29) is 0 Å². The first-order valence-electron chi connectivity index (χ1n) is 8.98. The molecule has 0 aliphatic rings. The number of hydrogen-bond donors (Lipinski definition) is 0. The van der Waals surface area contributed by atoms with Crippen LogP contribution in [0, 0.1) is 0 Å². The number of para-hydroxylation sites is 1. The number of hydrogen-bond acceptors (Lipinski definition) is 2. The maximum atomic E-state index is 5.95. The van der Waals surface area contributed by atoms with Crippen molar-refractivity contribution in [3.05, 3.63) is 103 Å². The van der Waals surface area contributed by atoms with Crippen molar-refractivity contribution in [2.45, 2.75) is 0 Å². The predicted octanol–water partition coefficient (Wildman–Crippen LogP) is 6.85. The van der Waals surface area contributed by atoms with Crippen LogP contribution in [0.2, 0.25) is 0 Å². The van der Waals surface area contributed by atoms with E-state index in [9.17, 15) is 0 Å². The molecule has 4 aromatic carbocycles. The van der Waals surface area contributed by atoms with Gasteiger partial charge in [0.25, 0.3) is 0 Å². The zero-order valence-corrected chi connectivity index (χ0v) is 14.7. The van der Waals surface area contributed by atoms with Gasteiger partial charge in [0.05, 0.1) is 5.69 Å². The second-order valence-electron chi connectivity index (χ2n) is 6.51. The van der Waals surface area contributed by atoms with Crippen LogP contribution < -0.4 is 4.74 Å². The lowest BCUT2D eigenvalue weighted by molar-refractivity contribution is 0.482. The summed E-state index contributed by atoms with van der Waals surface area (Å²) in [5, 5.41) is 5.00. The molecule has 0 amide bonds. The molecular weight excluding hydrogens is 330 g/mol. The predicted molar refractivity (Wildman–Crippen MR) is 111 cm³/mol. The summed E-state index contributed by atoms with van der Waals surface area (Å²) < 4.78 is 5.95. The number of benzene rings is 4. The molecule has 0 fully saturated rings. The highest BCUT2D eigenvalue weighted by Gasteiger charge is 2.06. The van der Waals surface area contributed by atoms with Gasteiger partial charge in [0.15, 0.2) is 0 Å². The summed E-state index contributed by atoms with van der Waals surface area (Å²) in [7, 11) is 0. The van der Waals surface area contributed by atoms with Crippen LogP contribution in [0.4, 0.5) is 0 Å². The highest BCUT2D eigenvalue weighted by atomic mass is 16.5. The first kappa shape index (κ1) is 15.6. The summed E-state index contributed by atoms with van der Waals surface area (Å²) in [6.45, 7) is 0. The van der Waals surface area contributed by atoms with Crippen molar-refractivity contribution in [3.8, 4) is 22.8 Å². The van der Waals surface area contributed by atoms with Gasteiger partial charge in [0.2, 0.25) is 0 Å². The van der Waals surface area contributed by atoms with Crippen molar-refractivity contribution in [2.75, 3.05) is 0 Å². The van der Waals surface area contributed by atoms with E-state index < -0.39 is 0 Å². The van der Waals surface area contributed by atoms with Crippen molar-refractivity contribution in [2.24, 2.45) is 0 Å². The van der Waals surface area contributed by atoms with Gasteiger partial charge in [0.1, 0.15) is 11.5 Å². The van der Waals surface area contributed by atoms with Crippen molar-refractivity contribution in [1.29, 1.82) is 0 Å². The number of ether oxygens (including phenoxy) is 1. The SMILES string of the molecule is c1ccc(Oc2ccnc(-c3ccc4c(ccc5ccccc54)c3)c2)cc1. The van der Waals surface area contributed by atoms with Crippen LogP contribution in [0.5, 0.6) is 11.5 Å². The first-order valence-corrected chi connectivity index (χ1v) is 8.98. The lowest BCUT2D eigenvalue weighted by Crippen LogP contribution is -1.88. The minimum atomic E-state index is 0.782. The fraction of sp³-hybridized carbons (Fsp3) is 0. The molecule has 1 aromatic heterocycles. The normalized spacial score (nSPS) is 11.0.